The predicted molar refractivity (Wildman–Crippen MR) is 276 cm³/mol. The van der Waals surface area contributed by atoms with E-state index in [1.807, 2.05) is 30.3 Å². The van der Waals surface area contributed by atoms with Crippen LogP contribution in [0.25, 0.3) is 34.0 Å². The number of halogens is 2. The van der Waals surface area contributed by atoms with Crippen molar-refractivity contribution in [1.82, 2.24) is 59.7 Å². The van der Waals surface area contributed by atoms with Crippen molar-refractivity contribution in [3.8, 4) is 45.5 Å². The van der Waals surface area contributed by atoms with Crippen LogP contribution in [0.15, 0.2) is 168 Å². The molecule has 364 valence electrons. The molecule has 8 aromatic heterocycles. The number of amides is 2. The molecule has 0 saturated heterocycles. The fraction of sp³-hybridized carbons (Fsp3) is 0.0980. The minimum absolute atomic E-state index is 0.124. The van der Waals surface area contributed by atoms with E-state index in [9.17, 15) is 19.2 Å². The van der Waals surface area contributed by atoms with Crippen LogP contribution in [-0.4, -0.2) is 67.5 Å². The third-order valence-corrected chi connectivity index (χ3v) is 13.5. The van der Waals surface area contributed by atoms with Crippen molar-refractivity contribution in [1.29, 1.82) is 0 Å². The fourth-order valence-corrected chi connectivity index (χ4v) is 9.38. The van der Waals surface area contributed by atoms with Crippen LogP contribution in [0, 0.1) is 0 Å². The lowest BCUT2D eigenvalue weighted by Gasteiger charge is -2.15. The van der Waals surface area contributed by atoms with E-state index in [2.05, 4.69) is 36.2 Å². The SMILES string of the molecule is O=C(NCc1cn(-c2ccc(-n3ccccc3=O)cc2OCCc2cccc(-c3ccc(=O)n(-c4ccc(-n5cc(CNC(=O)c6ccc(Cl)s6)nn5)c(OCc5ccncc5)c4)c3)n2)nn1)c1ccc(Cl)s1. The second-order valence-corrected chi connectivity index (χ2v) is 19.4. The minimum atomic E-state index is -0.282. The van der Waals surface area contributed by atoms with Crippen LogP contribution in [0.5, 0.6) is 11.5 Å². The molecular formula is C51H38Cl2N12O6S2. The highest BCUT2D eigenvalue weighted by atomic mass is 35.5. The summed E-state index contributed by atoms with van der Waals surface area (Å²) in [6, 6.07) is 34.7. The largest absolute Gasteiger partial charge is 0.491 e. The smallest absolute Gasteiger partial charge is 0.261 e. The van der Waals surface area contributed by atoms with Crippen LogP contribution < -0.4 is 31.2 Å². The molecule has 0 fully saturated rings. The molecule has 0 bridgehead atoms. The van der Waals surface area contributed by atoms with E-state index in [0.29, 0.717) is 81.7 Å². The summed E-state index contributed by atoms with van der Waals surface area (Å²) >= 11 is 14.4. The number of rotatable bonds is 18. The van der Waals surface area contributed by atoms with Crippen molar-refractivity contribution in [3.63, 3.8) is 0 Å². The lowest BCUT2D eigenvalue weighted by Crippen LogP contribution is -2.21. The van der Waals surface area contributed by atoms with Gasteiger partial charge in [-0.15, -0.1) is 32.9 Å². The molecule has 73 heavy (non-hydrogen) atoms. The molecule has 0 spiro atoms. The molecule has 10 rings (SSSR count). The molecule has 8 heterocycles. The van der Waals surface area contributed by atoms with Crippen molar-refractivity contribution >= 4 is 57.7 Å². The summed E-state index contributed by atoms with van der Waals surface area (Å²) in [5.74, 6) is 0.282. The molecule has 0 aliphatic rings. The van der Waals surface area contributed by atoms with E-state index >= 15 is 0 Å². The van der Waals surface area contributed by atoms with Gasteiger partial charge in [0.1, 0.15) is 40.9 Å². The number of hydrogen-bond donors (Lipinski definition) is 2. The molecular weight excluding hydrogens is 1010 g/mol. The average Bonchev–Trinajstić information content (AvgIpc) is 4.27. The van der Waals surface area contributed by atoms with Gasteiger partial charge in [0.05, 0.1) is 67.6 Å². The van der Waals surface area contributed by atoms with E-state index in [-0.39, 0.29) is 49.2 Å². The van der Waals surface area contributed by atoms with Gasteiger partial charge in [-0.2, -0.15) is 0 Å². The predicted octanol–water partition coefficient (Wildman–Crippen LogP) is 8.10. The first kappa shape index (κ1) is 48.1. The number of hydrogen-bond acceptors (Lipinski definition) is 14. The van der Waals surface area contributed by atoms with Crippen LogP contribution in [0.1, 0.15) is 42.0 Å². The van der Waals surface area contributed by atoms with Gasteiger partial charge in [-0.1, -0.05) is 45.8 Å². The highest BCUT2D eigenvalue weighted by molar-refractivity contribution is 7.18. The first-order chi connectivity index (χ1) is 35.6. The third-order valence-electron chi connectivity index (χ3n) is 11.1. The number of benzene rings is 2. The highest BCUT2D eigenvalue weighted by Crippen LogP contribution is 2.30. The number of thiophene rings is 2. The lowest BCUT2D eigenvalue weighted by atomic mass is 10.1. The van der Waals surface area contributed by atoms with E-state index < -0.39 is 0 Å². The quantitative estimate of drug-likeness (QED) is 0.0836. The Hall–Kier alpha value is -8.56. The first-order valence-electron chi connectivity index (χ1n) is 22.3. The maximum Gasteiger partial charge on any atom is 0.261 e. The Bertz CT molecular complexity index is 3740. The van der Waals surface area contributed by atoms with Crippen molar-refractivity contribution in [2.24, 2.45) is 0 Å². The van der Waals surface area contributed by atoms with Gasteiger partial charge in [-0.05, 0) is 90.5 Å². The number of carbonyl (C=O) groups is 2. The van der Waals surface area contributed by atoms with Crippen LogP contribution in [0.3, 0.4) is 0 Å². The number of ether oxygens (including phenoxy) is 2. The van der Waals surface area contributed by atoms with E-state index in [4.69, 9.17) is 37.7 Å². The van der Waals surface area contributed by atoms with Gasteiger partial charge in [0.15, 0.2) is 0 Å². The van der Waals surface area contributed by atoms with Crippen molar-refractivity contribution in [3.05, 3.63) is 220 Å². The normalized spacial score (nSPS) is 11.1. The Labute approximate surface area is 432 Å². The van der Waals surface area contributed by atoms with Gasteiger partial charge in [-0.25, -0.2) is 9.36 Å². The summed E-state index contributed by atoms with van der Waals surface area (Å²) in [4.78, 5) is 61.7. The number of pyridine rings is 4. The van der Waals surface area contributed by atoms with Crippen LogP contribution in [0.2, 0.25) is 8.67 Å². The third kappa shape index (κ3) is 11.5. The van der Waals surface area contributed by atoms with E-state index in [1.54, 1.807) is 125 Å². The minimum Gasteiger partial charge on any atom is -0.491 e. The molecule has 2 aromatic carbocycles. The maximum absolute atomic E-state index is 13.6. The summed E-state index contributed by atoms with van der Waals surface area (Å²) in [6.07, 6.45) is 10.5. The van der Waals surface area contributed by atoms with Gasteiger partial charge in [0.2, 0.25) is 0 Å². The average molecular weight is 1050 g/mol. The zero-order valence-corrected chi connectivity index (χ0v) is 41.2. The molecule has 18 nitrogen and oxygen atoms in total. The van der Waals surface area contributed by atoms with Gasteiger partial charge >= 0.3 is 0 Å². The Morgan fingerprint density at radius 2 is 1.22 bits per heavy atom. The van der Waals surface area contributed by atoms with Crippen molar-refractivity contribution in [2.45, 2.75) is 26.1 Å². The molecule has 22 heteroatoms. The highest BCUT2D eigenvalue weighted by Gasteiger charge is 2.17. The fourth-order valence-electron chi connectivity index (χ4n) is 7.46. The second-order valence-electron chi connectivity index (χ2n) is 16.0. The Morgan fingerprint density at radius 1 is 0.603 bits per heavy atom. The Kier molecular flexibility index (Phi) is 14.4. The van der Waals surface area contributed by atoms with Crippen LogP contribution >= 0.6 is 45.9 Å². The topological polar surface area (TPSA) is 208 Å². The molecule has 0 saturated carbocycles. The van der Waals surface area contributed by atoms with E-state index in [1.165, 1.54) is 43.9 Å². The van der Waals surface area contributed by atoms with Crippen LogP contribution in [0.4, 0.5) is 0 Å². The number of aromatic nitrogens is 10. The van der Waals surface area contributed by atoms with Gasteiger partial charge in [0, 0.05) is 66.7 Å². The van der Waals surface area contributed by atoms with E-state index in [0.717, 1.165) is 11.3 Å². The Morgan fingerprint density at radius 3 is 1.84 bits per heavy atom. The van der Waals surface area contributed by atoms with Gasteiger partial charge in [0.25, 0.3) is 22.9 Å². The Balaban J connectivity index is 0.868. The van der Waals surface area contributed by atoms with Crippen molar-refractivity contribution < 1.29 is 19.1 Å². The van der Waals surface area contributed by atoms with Gasteiger partial charge < -0.3 is 20.1 Å². The molecule has 0 aliphatic carbocycles. The number of carbonyl (C=O) groups excluding carboxylic acids is 2. The zero-order chi connectivity index (χ0) is 50.3. The summed E-state index contributed by atoms with van der Waals surface area (Å²) in [5, 5.41) is 22.9. The van der Waals surface area contributed by atoms with Crippen molar-refractivity contribution in [2.75, 3.05) is 6.61 Å². The summed E-state index contributed by atoms with van der Waals surface area (Å²) < 4.78 is 20.0. The summed E-state index contributed by atoms with van der Waals surface area (Å²) in [6.45, 7) is 0.641. The molecule has 0 atom stereocenters. The summed E-state index contributed by atoms with van der Waals surface area (Å²) in [7, 11) is 0. The lowest BCUT2D eigenvalue weighted by molar-refractivity contribution is 0.0946. The molecule has 0 aliphatic heterocycles. The zero-order valence-electron chi connectivity index (χ0n) is 38.0. The molecule has 2 amide bonds. The molecule has 0 unspecified atom stereocenters. The standard InChI is InChI=1S/C51H38Cl2N12O6S2/c52-46-14-12-44(72-46)50(68)55-26-35-29-64(60-58-35)40-10-8-37(62-22-2-1-6-48(62)66)24-42(40)70-23-19-34-4-3-5-39(57-34)33-7-16-49(67)63(28-33)38-9-11-41(43(25-38)71-31-32-17-20-54-21-18-32)65-30-36(59-61-65)27-56-51(69)45-13-15-47(53)73-45/h1-18,20-22,24-25,28-30H,19,23,26-27,31H2,(H,55,68)(H,56,69). The summed E-state index contributed by atoms with van der Waals surface area (Å²) in [5.41, 5.74) is 5.62. The maximum atomic E-state index is 13.6. The first-order valence-corrected chi connectivity index (χ1v) is 24.7. The number of nitrogens with one attached hydrogen (secondary N) is 2. The van der Waals surface area contributed by atoms with Crippen LogP contribution in [-0.2, 0) is 26.1 Å². The van der Waals surface area contributed by atoms with Gasteiger partial charge in [-0.3, -0.25) is 38.3 Å². The molecule has 0 radical (unpaired) electrons. The molecule has 10 aromatic rings. The monoisotopic (exact) mass is 1050 g/mol. The molecule has 2 N–H and O–H groups in total. The number of nitrogens with zero attached hydrogens (tertiary/aromatic N) is 10. The second kappa shape index (κ2) is 21.8.